The van der Waals surface area contributed by atoms with Crippen molar-refractivity contribution in [3.63, 3.8) is 0 Å². The van der Waals surface area contributed by atoms with Crippen LogP contribution in [-0.4, -0.2) is 22.6 Å². The van der Waals surface area contributed by atoms with Crippen LogP contribution in [0.2, 0.25) is 0 Å². The van der Waals surface area contributed by atoms with Gasteiger partial charge >= 0.3 is 6.18 Å². The van der Waals surface area contributed by atoms with Crippen molar-refractivity contribution >= 4 is 11.6 Å². The first-order valence-electron chi connectivity index (χ1n) is 9.11. The van der Waals surface area contributed by atoms with E-state index in [-0.39, 0.29) is 24.1 Å². The second kappa shape index (κ2) is 7.02. The number of aryl methyl sites for hydroxylation is 2. The van der Waals surface area contributed by atoms with E-state index in [1.165, 1.54) is 12.1 Å². The Kier molecular flexibility index (Phi) is 4.64. The first kappa shape index (κ1) is 19.2. The first-order valence-corrected chi connectivity index (χ1v) is 9.11. The highest BCUT2D eigenvalue weighted by molar-refractivity contribution is 5.97. The summed E-state index contributed by atoms with van der Waals surface area (Å²) in [6, 6.07) is 10.5. The first-order chi connectivity index (χ1) is 13.7. The van der Waals surface area contributed by atoms with E-state index in [2.05, 4.69) is 10.1 Å². The van der Waals surface area contributed by atoms with Gasteiger partial charge in [-0.1, -0.05) is 35.0 Å². The number of carbonyl (C=O) groups excluding carboxylic acids is 1. The molecular formula is C21H18F3N3O2. The molecule has 8 heteroatoms. The van der Waals surface area contributed by atoms with E-state index in [1.54, 1.807) is 4.90 Å². The molecule has 1 aliphatic rings. The zero-order valence-corrected chi connectivity index (χ0v) is 15.8. The average Bonchev–Trinajstić information content (AvgIpc) is 3.28. The maximum Gasteiger partial charge on any atom is 0.416 e. The van der Waals surface area contributed by atoms with E-state index in [0.29, 0.717) is 18.0 Å². The molecule has 150 valence electrons. The van der Waals surface area contributed by atoms with Crippen molar-refractivity contribution in [1.29, 1.82) is 0 Å². The smallest absolute Gasteiger partial charge is 0.339 e. The van der Waals surface area contributed by atoms with Crippen molar-refractivity contribution in [2.45, 2.75) is 32.4 Å². The van der Waals surface area contributed by atoms with Crippen LogP contribution in [0.25, 0.3) is 11.4 Å². The second-order valence-electron chi connectivity index (χ2n) is 7.23. The van der Waals surface area contributed by atoms with Gasteiger partial charge in [-0.2, -0.15) is 18.2 Å². The molecule has 0 bridgehead atoms. The molecule has 1 atom stereocenters. The van der Waals surface area contributed by atoms with Crippen LogP contribution in [-0.2, 0) is 11.0 Å². The Morgan fingerprint density at radius 3 is 2.48 bits per heavy atom. The monoisotopic (exact) mass is 401 g/mol. The lowest BCUT2D eigenvalue weighted by Gasteiger charge is -2.19. The van der Waals surface area contributed by atoms with Crippen molar-refractivity contribution < 1.29 is 22.5 Å². The Labute approximate surface area is 165 Å². The number of aromatic nitrogens is 2. The number of nitrogens with zero attached hydrogens (tertiary/aromatic N) is 3. The van der Waals surface area contributed by atoms with Gasteiger partial charge in [-0.25, -0.2) is 0 Å². The molecule has 0 aliphatic carbocycles. The molecule has 1 saturated heterocycles. The van der Waals surface area contributed by atoms with Gasteiger partial charge in [0.05, 0.1) is 11.5 Å². The summed E-state index contributed by atoms with van der Waals surface area (Å²) >= 11 is 0. The Bertz CT molecular complexity index is 1060. The summed E-state index contributed by atoms with van der Waals surface area (Å²) in [6.45, 7) is 4.36. The number of hydrogen-bond acceptors (Lipinski definition) is 4. The van der Waals surface area contributed by atoms with E-state index >= 15 is 0 Å². The Hall–Kier alpha value is -3.16. The third-order valence-corrected chi connectivity index (χ3v) is 5.03. The number of amides is 1. The number of benzene rings is 2. The fourth-order valence-electron chi connectivity index (χ4n) is 3.54. The van der Waals surface area contributed by atoms with Gasteiger partial charge in [0, 0.05) is 24.2 Å². The predicted octanol–water partition coefficient (Wildman–Crippen LogP) is 4.89. The van der Waals surface area contributed by atoms with Crippen LogP contribution in [0.15, 0.2) is 47.0 Å². The number of rotatable bonds is 3. The Morgan fingerprint density at radius 1 is 1.10 bits per heavy atom. The lowest BCUT2D eigenvalue weighted by atomic mass is 10.1. The van der Waals surface area contributed by atoms with Crippen molar-refractivity contribution in [2.24, 2.45) is 0 Å². The van der Waals surface area contributed by atoms with Gasteiger partial charge in [-0.3, -0.25) is 4.79 Å². The molecule has 0 radical (unpaired) electrons. The second-order valence-corrected chi connectivity index (χ2v) is 7.23. The van der Waals surface area contributed by atoms with Gasteiger partial charge in [0.15, 0.2) is 0 Å². The van der Waals surface area contributed by atoms with Gasteiger partial charge < -0.3 is 9.42 Å². The summed E-state index contributed by atoms with van der Waals surface area (Å²) in [5, 5.41) is 3.88. The normalized spacial score (nSPS) is 17.2. The largest absolute Gasteiger partial charge is 0.416 e. The summed E-state index contributed by atoms with van der Waals surface area (Å²) in [6.07, 6.45) is -4.16. The molecule has 0 N–H and O–H groups in total. The standard InChI is InChI=1S/C21H18F3N3O2/c1-12-3-8-17(13(2)9-12)27-11-15(10-18(27)28)20-25-19(26-29-20)14-4-6-16(7-5-14)21(22,23)24/h3-9,15H,10-11H2,1-2H3/t15-/m0/s1. The van der Waals surface area contributed by atoms with E-state index in [4.69, 9.17) is 4.52 Å². The quantitative estimate of drug-likeness (QED) is 0.627. The number of alkyl halides is 3. The SMILES string of the molecule is Cc1ccc(N2C[C@@H](c3nc(-c4ccc(C(F)(F)F)cc4)no3)CC2=O)c(C)c1. The fraction of sp³-hybridized carbons (Fsp3) is 0.286. The average molecular weight is 401 g/mol. The highest BCUT2D eigenvalue weighted by Crippen LogP contribution is 2.34. The minimum absolute atomic E-state index is 0.0313. The molecule has 3 aromatic rings. The van der Waals surface area contributed by atoms with Crippen LogP contribution in [0.5, 0.6) is 0 Å². The minimum Gasteiger partial charge on any atom is -0.339 e. The molecule has 5 nitrogen and oxygen atoms in total. The van der Waals surface area contributed by atoms with E-state index in [1.807, 2.05) is 32.0 Å². The van der Waals surface area contributed by atoms with E-state index in [9.17, 15) is 18.0 Å². The molecule has 1 aromatic heterocycles. The van der Waals surface area contributed by atoms with E-state index < -0.39 is 11.7 Å². The number of hydrogen-bond donors (Lipinski definition) is 0. The number of anilines is 1. The lowest BCUT2D eigenvalue weighted by Crippen LogP contribution is -2.25. The van der Waals surface area contributed by atoms with Crippen LogP contribution in [0, 0.1) is 13.8 Å². The van der Waals surface area contributed by atoms with Gasteiger partial charge in [-0.05, 0) is 37.6 Å². The molecule has 2 aromatic carbocycles. The molecule has 2 heterocycles. The van der Waals surface area contributed by atoms with Crippen LogP contribution < -0.4 is 4.90 Å². The zero-order valence-electron chi connectivity index (χ0n) is 15.8. The number of halogens is 3. The van der Waals surface area contributed by atoms with Gasteiger partial charge in [0.25, 0.3) is 0 Å². The molecule has 0 saturated carbocycles. The number of carbonyl (C=O) groups is 1. The maximum atomic E-state index is 12.7. The summed E-state index contributed by atoms with van der Waals surface area (Å²) in [7, 11) is 0. The van der Waals surface area contributed by atoms with Gasteiger partial charge in [0.2, 0.25) is 17.6 Å². The third kappa shape index (κ3) is 3.74. The molecule has 29 heavy (non-hydrogen) atoms. The summed E-state index contributed by atoms with van der Waals surface area (Å²) in [5.74, 6) is 0.210. The topological polar surface area (TPSA) is 59.2 Å². The molecular weight excluding hydrogens is 383 g/mol. The van der Waals surface area contributed by atoms with Crippen LogP contribution in [0.4, 0.5) is 18.9 Å². The molecule has 0 unspecified atom stereocenters. The molecule has 4 rings (SSSR count). The van der Waals surface area contributed by atoms with Crippen LogP contribution in [0.3, 0.4) is 0 Å². The predicted molar refractivity (Wildman–Crippen MR) is 100 cm³/mol. The zero-order chi connectivity index (χ0) is 20.8. The Morgan fingerprint density at radius 2 is 1.83 bits per heavy atom. The lowest BCUT2D eigenvalue weighted by molar-refractivity contribution is -0.137. The summed E-state index contributed by atoms with van der Waals surface area (Å²) in [5.41, 5.74) is 2.66. The van der Waals surface area contributed by atoms with E-state index in [0.717, 1.165) is 28.9 Å². The molecule has 0 spiro atoms. The van der Waals surface area contributed by atoms with Crippen molar-refractivity contribution in [3.8, 4) is 11.4 Å². The molecule has 1 amide bonds. The van der Waals surface area contributed by atoms with Gasteiger partial charge in [0.1, 0.15) is 0 Å². The third-order valence-electron chi connectivity index (χ3n) is 5.03. The highest BCUT2D eigenvalue weighted by Gasteiger charge is 2.36. The Balaban J connectivity index is 1.53. The van der Waals surface area contributed by atoms with Crippen LogP contribution in [0.1, 0.15) is 34.9 Å². The van der Waals surface area contributed by atoms with Gasteiger partial charge in [-0.15, -0.1) is 0 Å². The minimum atomic E-state index is -4.40. The van der Waals surface area contributed by atoms with Crippen molar-refractivity contribution in [1.82, 2.24) is 10.1 Å². The summed E-state index contributed by atoms with van der Waals surface area (Å²) < 4.78 is 43.4. The van der Waals surface area contributed by atoms with Crippen molar-refractivity contribution in [2.75, 3.05) is 11.4 Å². The van der Waals surface area contributed by atoms with Crippen LogP contribution >= 0.6 is 0 Å². The van der Waals surface area contributed by atoms with Crippen molar-refractivity contribution in [3.05, 3.63) is 65.0 Å². The molecule has 1 fully saturated rings. The maximum absolute atomic E-state index is 12.7. The fourth-order valence-corrected chi connectivity index (χ4v) is 3.54. The molecule has 1 aliphatic heterocycles. The highest BCUT2D eigenvalue weighted by atomic mass is 19.4. The summed E-state index contributed by atoms with van der Waals surface area (Å²) in [4.78, 5) is 18.6.